The van der Waals surface area contributed by atoms with Crippen LogP contribution in [0.1, 0.15) is 64.5 Å². The molecule has 3 aliphatic rings. The Kier molecular flexibility index (Phi) is 10.8. The number of hydrogen-bond acceptors (Lipinski definition) is 5. The lowest BCUT2D eigenvalue weighted by molar-refractivity contribution is -0.149. The number of halogens is 1. The van der Waals surface area contributed by atoms with Gasteiger partial charge < -0.3 is 28.7 Å². The molecule has 8 nitrogen and oxygen atoms in total. The summed E-state index contributed by atoms with van der Waals surface area (Å²) in [5.74, 6) is -1.08. The number of hydrogen-bond donors (Lipinski definition) is 1. The molecule has 2 aromatic rings. The number of carbonyl (C=O) groups excluding carboxylic acids is 3. The molecule has 1 spiro atoms. The van der Waals surface area contributed by atoms with Gasteiger partial charge in [0.2, 0.25) is 20.2 Å². The predicted octanol–water partition coefficient (Wildman–Crippen LogP) is 6.65. The van der Waals surface area contributed by atoms with E-state index in [-0.39, 0.29) is 37.3 Å². The number of aliphatic hydroxyl groups excluding tert-OH is 1. The van der Waals surface area contributed by atoms with Crippen molar-refractivity contribution in [2.24, 2.45) is 5.92 Å². The third-order valence-corrected chi connectivity index (χ3v) is 12.6. The molecule has 0 aromatic heterocycles. The minimum absolute atomic E-state index is 0.0153. The molecule has 3 aliphatic heterocycles. The number of ether oxygens (including phenoxy) is 1. The van der Waals surface area contributed by atoms with Gasteiger partial charge >= 0.3 is 0 Å². The fourth-order valence-corrected chi connectivity index (χ4v) is 10.1. The average Bonchev–Trinajstić information content (AvgIpc) is 3.45. The van der Waals surface area contributed by atoms with Crippen LogP contribution in [0.15, 0.2) is 71.8 Å². The van der Waals surface area contributed by atoms with Gasteiger partial charge in [-0.05, 0) is 70.5 Å². The van der Waals surface area contributed by atoms with Crippen LogP contribution in [-0.4, -0.2) is 68.5 Å². The molecule has 10 heteroatoms. The summed E-state index contributed by atoms with van der Waals surface area (Å²) in [6, 6.07) is 15.1. The molecule has 5 rings (SSSR count). The highest BCUT2D eigenvalue weighted by Crippen LogP contribution is 2.60. The van der Waals surface area contributed by atoms with Gasteiger partial charge in [0.05, 0.1) is 24.8 Å². The Morgan fingerprint density at radius 3 is 2.46 bits per heavy atom. The van der Waals surface area contributed by atoms with Crippen LogP contribution in [0.2, 0.25) is 18.6 Å². The molecule has 1 N–H and O–H groups in total. The number of anilines is 2. The topological polar surface area (TPSA) is 90.4 Å². The zero-order valence-corrected chi connectivity index (χ0v) is 30.2. The van der Waals surface area contributed by atoms with Crippen molar-refractivity contribution in [2.45, 2.75) is 90.3 Å². The quantitative estimate of drug-likeness (QED) is 0.111. The summed E-state index contributed by atoms with van der Waals surface area (Å²) in [7, 11) is -3.51. The van der Waals surface area contributed by atoms with Crippen LogP contribution in [0.25, 0.3) is 0 Å². The van der Waals surface area contributed by atoms with Crippen molar-refractivity contribution in [1.29, 1.82) is 0 Å². The smallest absolute Gasteiger partial charge is 0.264 e. The first-order valence-electron chi connectivity index (χ1n) is 17.1. The summed E-state index contributed by atoms with van der Waals surface area (Å²) in [5.41, 5.74) is 3.19. The molecule has 48 heavy (non-hydrogen) atoms. The summed E-state index contributed by atoms with van der Waals surface area (Å²) < 4.78 is 23.3. The highest BCUT2D eigenvalue weighted by Gasteiger charge is 2.67. The normalized spacial score (nSPS) is 23.8. The van der Waals surface area contributed by atoms with Gasteiger partial charge in [-0.25, -0.2) is 0 Å². The van der Waals surface area contributed by atoms with Crippen molar-refractivity contribution in [3.05, 3.63) is 83.0 Å². The van der Waals surface area contributed by atoms with E-state index in [2.05, 4.69) is 32.9 Å². The van der Waals surface area contributed by atoms with E-state index >= 15 is 4.11 Å². The first-order valence-corrected chi connectivity index (χ1v) is 20.1. The lowest BCUT2D eigenvalue weighted by atomic mass is 9.82. The summed E-state index contributed by atoms with van der Waals surface area (Å²) >= 11 is 0. The van der Waals surface area contributed by atoms with Gasteiger partial charge in [-0.15, -0.1) is 0 Å². The van der Waals surface area contributed by atoms with Crippen LogP contribution in [-0.2, 0) is 31.3 Å². The SMILES string of the molecule is CC(C)=CCC/C(C)=C/CN1C(=O)[C@@]2(O[C@@H](CC(=O)N(CCO)Cc3ccccc3)[C@H]([Si](C)(C)F)[C@H]2C)c2cc(N3CCC3=O)ccc21. The number of rotatable bonds is 13. The number of β-lactam (4-membered cyclic amide) rings is 1. The van der Waals surface area contributed by atoms with E-state index in [1.165, 1.54) is 5.57 Å². The van der Waals surface area contributed by atoms with Gasteiger partial charge in [0.25, 0.3) is 5.91 Å². The number of amides is 3. The number of allylic oxidation sites excluding steroid dienone is 3. The molecule has 0 saturated carbocycles. The number of aliphatic hydroxyl groups is 1. The lowest BCUT2D eigenvalue weighted by Gasteiger charge is -2.33. The van der Waals surface area contributed by atoms with Gasteiger partial charge in [-0.3, -0.25) is 14.4 Å². The molecule has 0 unspecified atom stereocenters. The Morgan fingerprint density at radius 2 is 1.85 bits per heavy atom. The third kappa shape index (κ3) is 7.07. The zero-order valence-electron chi connectivity index (χ0n) is 29.2. The van der Waals surface area contributed by atoms with E-state index in [1.807, 2.05) is 55.5 Å². The Hall–Kier alpha value is -3.60. The Balaban J connectivity index is 1.51. The van der Waals surface area contributed by atoms with Crippen LogP contribution in [0.3, 0.4) is 0 Å². The maximum atomic E-state index is 16.4. The highest BCUT2D eigenvalue weighted by molar-refractivity contribution is 6.72. The number of carbonyl (C=O) groups is 3. The molecule has 3 heterocycles. The van der Waals surface area contributed by atoms with Crippen molar-refractivity contribution in [3.63, 3.8) is 0 Å². The van der Waals surface area contributed by atoms with E-state index in [0.29, 0.717) is 43.0 Å². The maximum absolute atomic E-state index is 16.4. The number of benzene rings is 2. The second kappa shape index (κ2) is 14.5. The second-order valence-corrected chi connectivity index (χ2v) is 18.1. The molecule has 2 fully saturated rings. The molecular weight excluding hydrogens is 626 g/mol. The van der Waals surface area contributed by atoms with Crippen LogP contribution in [0.4, 0.5) is 15.5 Å². The van der Waals surface area contributed by atoms with Crippen LogP contribution < -0.4 is 9.80 Å². The van der Waals surface area contributed by atoms with Crippen LogP contribution in [0, 0.1) is 5.92 Å². The minimum Gasteiger partial charge on any atom is -0.395 e. The monoisotopic (exact) mass is 675 g/mol. The summed E-state index contributed by atoms with van der Waals surface area (Å²) in [4.78, 5) is 46.1. The number of nitrogens with zero attached hydrogens (tertiary/aromatic N) is 3. The summed E-state index contributed by atoms with van der Waals surface area (Å²) in [6.45, 7) is 12.5. The summed E-state index contributed by atoms with van der Waals surface area (Å²) in [6.07, 6.45) is 5.56. The van der Waals surface area contributed by atoms with Gasteiger partial charge in [-0.2, -0.15) is 0 Å². The molecule has 0 aliphatic carbocycles. The van der Waals surface area contributed by atoms with E-state index in [9.17, 15) is 19.5 Å². The van der Waals surface area contributed by atoms with Crippen molar-refractivity contribution < 1.29 is 28.3 Å². The van der Waals surface area contributed by atoms with Crippen molar-refractivity contribution in [1.82, 2.24) is 4.90 Å². The molecule has 258 valence electrons. The first kappa shape index (κ1) is 35.7. The molecule has 4 atom stereocenters. The molecule has 2 aromatic carbocycles. The van der Waals surface area contributed by atoms with Gasteiger partial charge in [0, 0.05) is 55.3 Å². The Morgan fingerprint density at radius 1 is 1.12 bits per heavy atom. The maximum Gasteiger partial charge on any atom is 0.264 e. The van der Waals surface area contributed by atoms with Crippen molar-refractivity contribution >= 4 is 37.5 Å². The lowest BCUT2D eigenvalue weighted by Crippen LogP contribution is -2.45. The molecule has 0 radical (unpaired) electrons. The Labute approximate surface area is 285 Å². The largest absolute Gasteiger partial charge is 0.395 e. The standard InChI is InChI=1S/C38H50FN3O5Si/c1-26(2)11-10-12-27(3)17-19-42-32-16-15-30(41-20-18-34(41)44)23-31(32)38(37(42)46)28(4)36(48(5,6)39)33(47-38)24-35(45)40(21-22-43)25-29-13-8-7-9-14-29/h7-9,11,13-17,23,28,33,36,43H,10,12,18-22,24-25H2,1-6H3/b27-17+/t28-,33+,36-,38+/m1/s1. The second-order valence-electron chi connectivity index (χ2n) is 14.3. The van der Waals surface area contributed by atoms with Crippen molar-refractivity contribution in [3.8, 4) is 0 Å². The van der Waals surface area contributed by atoms with E-state index in [1.54, 1.807) is 27.8 Å². The highest BCUT2D eigenvalue weighted by atomic mass is 28.4. The van der Waals surface area contributed by atoms with Gasteiger partial charge in [-0.1, -0.05) is 60.6 Å². The average molecular weight is 676 g/mol. The molecule has 3 amide bonds. The zero-order chi connectivity index (χ0) is 34.8. The van der Waals surface area contributed by atoms with Gasteiger partial charge in [0.15, 0.2) is 5.60 Å². The van der Waals surface area contributed by atoms with Crippen LogP contribution in [0.5, 0.6) is 0 Å². The van der Waals surface area contributed by atoms with E-state index < -0.39 is 31.6 Å². The summed E-state index contributed by atoms with van der Waals surface area (Å²) in [5, 5.41) is 9.80. The predicted molar refractivity (Wildman–Crippen MR) is 190 cm³/mol. The first-order chi connectivity index (χ1) is 22.8. The fraction of sp³-hybridized carbons (Fsp3) is 0.500. The minimum atomic E-state index is -3.51. The third-order valence-electron chi connectivity index (χ3n) is 10.1. The van der Waals surface area contributed by atoms with E-state index in [0.717, 1.165) is 24.0 Å². The molecule has 2 saturated heterocycles. The fourth-order valence-electron chi connectivity index (χ4n) is 7.63. The van der Waals surface area contributed by atoms with Crippen molar-refractivity contribution in [2.75, 3.05) is 36.0 Å². The van der Waals surface area contributed by atoms with Crippen LogP contribution >= 0.6 is 0 Å². The molecule has 0 bridgehead atoms. The Bertz CT molecular complexity index is 1580. The molecular formula is C38H50FN3O5Si. The van der Waals surface area contributed by atoms with Gasteiger partial charge in [0.1, 0.15) is 0 Å². The number of fused-ring (bicyclic) bond motifs is 2. The van der Waals surface area contributed by atoms with E-state index in [4.69, 9.17) is 4.74 Å².